The van der Waals surface area contributed by atoms with Gasteiger partial charge in [0, 0.05) is 10.4 Å². The lowest BCUT2D eigenvalue weighted by Crippen LogP contribution is -2.30. The Balaban J connectivity index is 1.79. The highest BCUT2D eigenvalue weighted by Crippen LogP contribution is 2.33. The molecule has 3 rings (SSSR count). The third-order valence-electron chi connectivity index (χ3n) is 4.13. The van der Waals surface area contributed by atoms with Gasteiger partial charge in [-0.25, -0.2) is 0 Å². The largest absolute Gasteiger partial charge is 0.345 e. The highest BCUT2D eigenvalue weighted by molar-refractivity contribution is 7.10. The highest BCUT2D eigenvalue weighted by Gasteiger charge is 2.23. The van der Waals surface area contributed by atoms with E-state index in [1.807, 2.05) is 25.1 Å². The molecule has 0 unspecified atom stereocenters. The van der Waals surface area contributed by atoms with Gasteiger partial charge in [-0.2, -0.15) is 0 Å². The van der Waals surface area contributed by atoms with Crippen LogP contribution >= 0.6 is 11.3 Å². The van der Waals surface area contributed by atoms with E-state index in [9.17, 15) is 4.79 Å². The summed E-state index contributed by atoms with van der Waals surface area (Å²) in [6, 6.07) is 8.24. The number of benzene rings is 1. The van der Waals surface area contributed by atoms with E-state index >= 15 is 0 Å². The minimum atomic E-state index is 0.0390. The second kappa shape index (κ2) is 5.41. The molecule has 104 valence electrons. The van der Waals surface area contributed by atoms with Crippen molar-refractivity contribution in [1.29, 1.82) is 0 Å². The summed E-state index contributed by atoms with van der Waals surface area (Å²) in [6.45, 7) is 4.11. The fourth-order valence-electron chi connectivity index (χ4n) is 2.76. The fourth-order valence-corrected chi connectivity index (χ4v) is 3.75. The van der Waals surface area contributed by atoms with E-state index < -0.39 is 0 Å². The van der Waals surface area contributed by atoms with Crippen LogP contribution in [-0.2, 0) is 6.42 Å². The molecule has 1 N–H and O–H groups in total. The topological polar surface area (TPSA) is 29.1 Å². The molecule has 0 bridgehead atoms. The molecule has 1 aromatic heterocycles. The van der Waals surface area contributed by atoms with Gasteiger partial charge in [-0.3, -0.25) is 4.79 Å². The first-order valence-corrected chi connectivity index (χ1v) is 7.97. The lowest BCUT2D eigenvalue weighted by molar-refractivity contribution is 0.0933. The predicted octanol–water partition coefficient (Wildman–Crippen LogP) is 4.17. The zero-order chi connectivity index (χ0) is 14.1. The standard InChI is InChI=1S/C17H19NOS/c1-11-6-7-13(10-12(11)2)17(19)18-15-4-3-5-16-14(15)8-9-20-16/h6-10,15H,3-5H2,1-2H3,(H,18,19)/t15-/m0/s1. The second-order valence-corrected chi connectivity index (χ2v) is 6.52. The van der Waals surface area contributed by atoms with Gasteiger partial charge in [0.1, 0.15) is 0 Å². The molecule has 0 aliphatic heterocycles. The van der Waals surface area contributed by atoms with Crippen molar-refractivity contribution in [3.8, 4) is 0 Å². The van der Waals surface area contributed by atoms with Gasteiger partial charge in [0.15, 0.2) is 0 Å². The van der Waals surface area contributed by atoms with Gasteiger partial charge in [-0.1, -0.05) is 6.07 Å². The Labute approximate surface area is 123 Å². The van der Waals surface area contributed by atoms with Crippen LogP contribution in [-0.4, -0.2) is 5.91 Å². The minimum absolute atomic E-state index is 0.0390. The van der Waals surface area contributed by atoms with Crippen LogP contribution in [0.1, 0.15) is 50.8 Å². The smallest absolute Gasteiger partial charge is 0.251 e. The molecule has 2 aromatic rings. The van der Waals surface area contributed by atoms with Crippen molar-refractivity contribution < 1.29 is 4.79 Å². The lowest BCUT2D eigenvalue weighted by atomic mass is 9.93. The Bertz CT molecular complexity index is 644. The maximum absolute atomic E-state index is 12.4. The summed E-state index contributed by atoms with van der Waals surface area (Å²) in [5.74, 6) is 0.0390. The van der Waals surface area contributed by atoms with Gasteiger partial charge in [0.05, 0.1) is 6.04 Å². The summed E-state index contributed by atoms with van der Waals surface area (Å²) >= 11 is 1.81. The third kappa shape index (κ3) is 2.50. The van der Waals surface area contributed by atoms with Crippen LogP contribution in [0.5, 0.6) is 0 Å². The summed E-state index contributed by atoms with van der Waals surface area (Å²) in [5.41, 5.74) is 4.46. The van der Waals surface area contributed by atoms with Crippen LogP contribution in [0.4, 0.5) is 0 Å². The summed E-state index contributed by atoms with van der Waals surface area (Å²) in [7, 11) is 0. The van der Waals surface area contributed by atoms with Gasteiger partial charge in [0.25, 0.3) is 5.91 Å². The van der Waals surface area contributed by atoms with Crippen molar-refractivity contribution >= 4 is 17.2 Å². The van der Waals surface area contributed by atoms with Crippen LogP contribution < -0.4 is 5.32 Å². The van der Waals surface area contributed by atoms with Crippen molar-refractivity contribution in [3.05, 3.63) is 56.8 Å². The van der Waals surface area contributed by atoms with Gasteiger partial charge in [0.2, 0.25) is 0 Å². The minimum Gasteiger partial charge on any atom is -0.345 e. The molecule has 0 spiro atoms. The first-order valence-electron chi connectivity index (χ1n) is 7.09. The molecule has 0 saturated heterocycles. The normalized spacial score (nSPS) is 17.6. The van der Waals surface area contributed by atoms with E-state index in [-0.39, 0.29) is 11.9 Å². The molecular formula is C17H19NOS. The van der Waals surface area contributed by atoms with E-state index in [2.05, 4.69) is 23.7 Å². The number of fused-ring (bicyclic) bond motifs is 1. The zero-order valence-electron chi connectivity index (χ0n) is 11.9. The number of carbonyl (C=O) groups is 1. The molecule has 0 radical (unpaired) electrons. The van der Waals surface area contributed by atoms with Crippen molar-refractivity contribution in [2.75, 3.05) is 0 Å². The number of rotatable bonds is 2. The van der Waals surface area contributed by atoms with E-state index in [0.29, 0.717) is 0 Å². The summed E-state index contributed by atoms with van der Waals surface area (Å²) in [5, 5.41) is 5.32. The molecule has 1 amide bonds. The fraction of sp³-hybridized carbons (Fsp3) is 0.353. The van der Waals surface area contributed by atoms with Crippen LogP contribution in [0.15, 0.2) is 29.6 Å². The molecule has 0 fully saturated rings. The van der Waals surface area contributed by atoms with Gasteiger partial charge >= 0.3 is 0 Å². The first-order chi connectivity index (χ1) is 9.65. The number of aryl methyl sites for hydroxylation is 3. The third-order valence-corrected chi connectivity index (χ3v) is 5.12. The highest BCUT2D eigenvalue weighted by atomic mass is 32.1. The summed E-state index contributed by atoms with van der Waals surface area (Å²) in [6.07, 6.45) is 3.36. The Morgan fingerprint density at radius 3 is 2.90 bits per heavy atom. The maximum Gasteiger partial charge on any atom is 0.251 e. The molecular weight excluding hydrogens is 266 g/mol. The maximum atomic E-state index is 12.4. The summed E-state index contributed by atoms with van der Waals surface area (Å²) < 4.78 is 0. The zero-order valence-corrected chi connectivity index (χ0v) is 12.7. The van der Waals surface area contributed by atoms with Crippen molar-refractivity contribution in [3.63, 3.8) is 0 Å². The first kappa shape index (κ1) is 13.4. The Kier molecular flexibility index (Phi) is 3.62. The van der Waals surface area contributed by atoms with E-state index in [4.69, 9.17) is 0 Å². The van der Waals surface area contributed by atoms with Gasteiger partial charge in [-0.05, 0) is 73.4 Å². The number of hydrogen-bond donors (Lipinski definition) is 1. The second-order valence-electron chi connectivity index (χ2n) is 5.52. The monoisotopic (exact) mass is 285 g/mol. The quantitative estimate of drug-likeness (QED) is 0.881. The molecule has 1 aromatic carbocycles. The number of hydrogen-bond acceptors (Lipinski definition) is 2. The number of amides is 1. The molecule has 0 saturated carbocycles. The molecule has 1 aliphatic carbocycles. The van der Waals surface area contributed by atoms with Crippen LogP contribution in [0.2, 0.25) is 0 Å². The van der Waals surface area contributed by atoms with Crippen LogP contribution in [0, 0.1) is 13.8 Å². The number of nitrogens with one attached hydrogen (secondary N) is 1. The van der Waals surface area contributed by atoms with Gasteiger partial charge < -0.3 is 5.32 Å². The Morgan fingerprint density at radius 1 is 1.25 bits per heavy atom. The Hall–Kier alpha value is -1.61. The van der Waals surface area contributed by atoms with Crippen molar-refractivity contribution in [2.24, 2.45) is 0 Å². The van der Waals surface area contributed by atoms with Crippen molar-refractivity contribution in [1.82, 2.24) is 5.32 Å². The van der Waals surface area contributed by atoms with Crippen LogP contribution in [0.25, 0.3) is 0 Å². The van der Waals surface area contributed by atoms with E-state index in [1.165, 1.54) is 16.0 Å². The van der Waals surface area contributed by atoms with E-state index in [1.54, 1.807) is 11.3 Å². The molecule has 1 aliphatic rings. The molecule has 1 atom stereocenters. The SMILES string of the molecule is Cc1ccc(C(=O)N[C@H]2CCCc3sccc32)cc1C. The van der Waals surface area contributed by atoms with Crippen molar-refractivity contribution in [2.45, 2.75) is 39.2 Å². The number of thiophene rings is 1. The Morgan fingerprint density at radius 2 is 2.10 bits per heavy atom. The molecule has 1 heterocycles. The molecule has 2 nitrogen and oxygen atoms in total. The number of carbonyl (C=O) groups excluding carboxylic acids is 1. The molecule has 3 heteroatoms. The molecule has 20 heavy (non-hydrogen) atoms. The summed E-state index contributed by atoms with van der Waals surface area (Å²) in [4.78, 5) is 13.8. The van der Waals surface area contributed by atoms with E-state index in [0.717, 1.165) is 30.4 Å². The van der Waals surface area contributed by atoms with Crippen LogP contribution in [0.3, 0.4) is 0 Å². The average Bonchev–Trinajstić information content (AvgIpc) is 2.91. The predicted molar refractivity (Wildman–Crippen MR) is 83.4 cm³/mol. The lowest BCUT2D eigenvalue weighted by Gasteiger charge is -2.23. The van der Waals surface area contributed by atoms with Gasteiger partial charge in [-0.15, -0.1) is 11.3 Å². The average molecular weight is 285 g/mol.